The highest BCUT2D eigenvalue weighted by atomic mass is 32.2. The quantitative estimate of drug-likeness (QED) is 0.782. The Bertz CT molecular complexity index is 646. The van der Waals surface area contributed by atoms with Crippen LogP contribution in [0.3, 0.4) is 0 Å². The molecule has 0 radical (unpaired) electrons. The first-order valence-corrected chi connectivity index (χ1v) is 7.32. The molecule has 110 valence electrons. The molecule has 1 saturated heterocycles. The molecular formula is C12H16N2O5S. The van der Waals surface area contributed by atoms with Crippen molar-refractivity contribution in [2.45, 2.75) is 17.4 Å². The molecule has 2 rings (SSSR count). The van der Waals surface area contributed by atoms with E-state index < -0.39 is 21.5 Å². The van der Waals surface area contributed by atoms with E-state index >= 15 is 0 Å². The van der Waals surface area contributed by atoms with Gasteiger partial charge in [-0.15, -0.1) is 0 Å². The van der Waals surface area contributed by atoms with Gasteiger partial charge in [-0.2, -0.15) is 4.31 Å². The van der Waals surface area contributed by atoms with Crippen molar-refractivity contribution >= 4 is 15.9 Å². The maximum absolute atomic E-state index is 12.3. The van der Waals surface area contributed by atoms with Gasteiger partial charge in [0.25, 0.3) is 5.91 Å². The summed E-state index contributed by atoms with van der Waals surface area (Å²) in [6.45, 7) is 1.60. The molecule has 1 aromatic carbocycles. The van der Waals surface area contributed by atoms with Gasteiger partial charge in [-0.1, -0.05) is 0 Å². The van der Waals surface area contributed by atoms with Gasteiger partial charge < -0.3 is 15.6 Å². The summed E-state index contributed by atoms with van der Waals surface area (Å²) in [6.07, 6.45) is 0. The fraction of sp³-hybridized carbons (Fsp3) is 0.417. The van der Waals surface area contributed by atoms with Crippen LogP contribution in [0.4, 0.5) is 0 Å². The second-order valence-corrected chi connectivity index (χ2v) is 6.93. The number of sulfonamides is 1. The van der Waals surface area contributed by atoms with Gasteiger partial charge in [-0.3, -0.25) is 4.79 Å². The molecule has 0 saturated carbocycles. The molecule has 0 bridgehead atoms. The number of hydrogen-bond donors (Lipinski definition) is 2. The van der Waals surface area contributed by atoms with Gasteiger partial charge >= 0.3 is 0 Å². The number of nitrogens with zero attached hydrogens (tertiary/aromatic N) is 1. The van der Waals surface area contributed by atoms with Crippen molar-refractivity contribution in [2.24, 2.45) is 5.73 Å². The van der Waals surface area contributed by atoms with E-state index in [1.807, 2.05) is 0 Å². The van der Waals surface area contributed by atoms with E-state index in [1.54, 1.807) is 6.92 Å². The number of aliphatic hydroxyl groups is 1. The van der Waals surface area contributed by atoms with Crippen molar-refractivity contribution in [3.8, 4) is 5.75 Å². The summed E-state index contributed by atoms with van der Waals surface area (Å²) in [5.41, 5.74) is 4.19. The molecule has 0 aromatic heterocycles. The summed E-state index contributed by atoms with van der Waals surface area (Å²) in [6, 6.07) is 3.90. The highest BCUT2D eigenvalue weighted by Gasteiger charge is 2.44. The number of rotatable bonds is 4. The van der Waals surface area contributed by atoms with Crippen molar-refractivity contribution in [3.05, 3.63) is 23.8 Å². The van der Waals surface area contributed by atoms with Gasteiger partial charge in [-0.05, 0) is 25.1 Å². The molecule has 1 aromatic rings. The molecule has 0 aliphatic carbocycles. The number of amides is 1. The van der Waals surface area contributed by atoms with Gasteiger partial charge in [0.15, 0.2) is 0 Å². The van der Waals surface area contributed by atoms with Crippen LogP contribution in [0.15, 0.2) is 23.1 Å². The lowest BCUT2D eigenvalue weighted by Gasteiger charge is -2.42. The van der Waals surface area contributed by atoms with Crippen LogP contribution in [0.1, 0.15) is 17.3 Å². The van der Waals surface area contributed by atoms with Crippen molar-refractivity contribution in [1.29, 1.82) is 0 Å². The largest absolute Gasteiger partial charge is 0.496 e. The zero-order valence-electron chi connectivity index (χ0n) is 11.2. The van der Waals surface area contributed by atoms with Crippen molar-refractivity contribution in [2.75, 3.05) is 20.2 Å². The van der Waals surface area contributed by atoms with Crippen molar-refractivity contribution < 1.29 is 23.1 Å². The summed E-state index contributed by atoms with van der Waals surface area (Å²) in [5.74, 6) is -0.554. The molecule has 0 unspecified atom stereocenters. The molecule has 20 heavy (non-hydrogen) atoms. The van der Waals surface area contributed by atoms with Crippen LogP contribution in [0.2, 0.25) is 0 Å². The average molecular weight is 300 g/mol. The third kappa shape index (κ3) is 2.49. The van der Waals surface area contributed by atoms with Gasteiger partial charge in [0, 0.05) is 13.1 Å². The predicted octanol–water partition coefficient (Wildman–Crippen LogP) is -0.451. The van der Waals surface area contributed by atoms with Crippen molar-refractivity contribution in [1.82, 2.24) is 4.31 Å². The monoisotopic (exact) mass is 300 g/mol. The predicted molar refractivity (Wildman–Crippen MR) is 70.9 cm³/mol. The Kier molecular flexibility index (Phi) is 3.49. The van der Waals surface area contributed by atoms with Crippen LogP contribution in [-0.4, -0.2) is 49.5 Å². The lowest BCUT2D eigenvalue weighted by atomic mass is 10.0. The average Bonchev–Trinajstić information content (AvgIpc) is 2.34. The molecule has 3 N–H and O–H groups in total. The first kappa shape index (κ1) is 14.8. The van der Waals surface area contributed by atoms with Crippen LogP contribution >= 0.6 is 0 Å². The van der Waals surface area contributed by atoms with E-state index in [0.29, 0.717) is 0 Å². The molecule has 1 aliphatic rings. The second-order valence-electron chi connectivity index (χ2n) is 5.00. The Morgan fingerprint density at radius 2 is 2.05 bits per heavy atom. The summed E-state index contributed by atoms with van der Waals surface area (Å²) in [7, 11) is -2.38. The first-order chi connectivity index (χ1) is 9.17. The van der Waals surface area contributed by atoms with Crippen LogP contribution < -0.4 is 10.5 Å². The Hall–Kier alpha value is -1.64. The minimum atomic E-state index is -3.74. The molecule has 1 aliphatic heterocycles. The van der Waals surface area contributed by atoms with Gasteiger partial charge in [0.2, 0.25) is 10.0 Å². The number of methoxy groups -OCH3 is 1. The number of carbonyl (C=O) groups excluding carboxylic acids is 1. The zero-order chi connectivity index (χ0) is 15.1. The van der Waals surface area contributed by atoms with E-state index in [4.69, 9.17) is 10.5 Å². The van der Waals surface area contributed by atoms with Crippen LogP contribution in [0.5, 0.6) is 5.75 Å². The standard InChI is InChI=1S/C12H16N2O5S/c1-12(16)6-14(7-12)20(17,18)8-3-4-10(19-2)9(5-8)11(13)15/h3-5,16H,6-7H2,1-2H3,(H2,13,15). The molecule has 1 fully saturated rings. The van der Waals surface area contributed by atoms with Crippen LogP contribution in [0.25, 0.3) is 0 Å². The lowest BCUT2D eigenvalue weighted by Crippen LogP contribution is -2.61. The molecule has 0 spiro atoms. The van der Waals surface area contributed by atoms with Crippen LogP contribution in [-0.2, 0) is 10.0 Å². The normalized spacial score (nSPS) is 18.4. The Morgan fingerprint density at radius 1 is 1.45 bits per heavy atom. The highest BCUT2D eigenvalue weighted by Crippen LogP contribution is 2.30. The Balaban J connectivity index is 2.38. The fourth-order valence-electron chi connectivity index (χ4n) is 2.07. The summed E-state index contributed by atoms with van der Waals surface area (Å²) < 4.78 is 30.7. The molecule has 7 nitrogen and oxygen atoms in total. The van der Waals surface area contributed by atoms with E-state index in [1.165, 1.54) is 25.3 Å². The number of hydrogen-bond acceptors (Lipinski definition) is 5. The van der Waals surface area contributed by atoms with Gasteiger partial charge in [0.1, 0.15) is 5.75 Å². The maximum Gasteiger partial charge on any atom is 0.252 e. The lowest BCUT2D eigenvalue weighted by molar-refractivity contribution is -0.0426. The smallest absolute Gasteiger partial charge is 0.252 e. The first-order valence-electron chi connectivity index (χ1n) is 5.88. The fourth-order valence-corrected chi connectivity index (χ4v) is 3.77. The number of β-amino-alcohol motifs (C(OH)–C–C–N with tert-alkyl or cyclic N) is 1. The minimum absolute atomic E-state index is 0.000795. The van der Waals surface area contributed by atoms with E-state index in [2.05, 4.69) is 0 Å². The van der Waals surface area contributed by atoms with E-state index in [-0.39, 0.29) is 29.3 Å². The molecule has 0 atom stereocenters. The van der Waals surface area contributed by atoms with Gasteiger partial charge in [-0.25, -0.2) is 8.42 Å². The highest BCUT2D eigenvalue weighted by molar-refractivity contribution is 7.89. The number of benzene rings is 1. The number of carbonyl (C=O) groups is 1. The number of ether oxygens (including phenoxy) is 1. The van der Waals surface area contributed by atoms with E-state index in [9.17, 15) is 18.3 Å². The second kappa shape index (κ2) is 4.72. The maximum atomic E-state index is 12.3. The SMILES string of the molecule is COc1ccc(S(=O)(=O)N2CC(C)(O)C2)cc1C(N)=O. The summed E-state index contributed by atoms with van der Waals surface area (Å²) in [4.78, 5) is 11.3. The third-order valence-electron chi connectivity index (χ3n) is 3.11. The van der Waals surface area contributed by atoms with Crippen LogP contribution in [0, 0.1) is 0 Å². The summed E-state index contributed by atoms with van der Waals surface area (Å²) in [5, 5.41) is 9.62. The van der Waals surface area contributed by atoms with Gasteiger partial charge in [0.05, 0.1) is 23.2 Å². The number of nitrogens with two attached hydrogens (primary N) is 1. The van der Waals surface area contributed by atoms with E-state index in [0.717, 1.165) is 4.31 Å². The Labute approximate surface area is 117 Å². The van der Waals surface area contributed by atoms with Crippen molar-refractivity contribution in [3.63, 3.8) is 0 Å². The molecule has 8 heteroatoms. The zero-order valence-corrected chi connectivity index (χ0v) is 12.0. The molecule has 1 amide bonds. The summed E-state index contributed by atoms with van der Waals surface area (Å²) >= 11 is 0. The molecular weight excluding hydrogens is 284 g/mol. The topological polar surface area (TPSA) is 110 Å². The third-order valence-corrected chi connectivity index (χ3v) is 4.90. The Morgan fingerprint density at radius 3 is 2.50 bits per heavy atom. The minimum Gasteiger partial charge on any atom is -0.496 e. The number of primary amides is 1. The molecule has 1 heterocycles.